The maximum absolute atomic E-state index is 13.7. The summed E-state index contributed by atoms with van der Waals surface area (Å²) >= 11 is 0. The van der Waals surface area contributed by atoms with Gasteiger partial charge in [-0.15, -0.1) is 20.4 Å². The van der Waals surface area contributed by atoms with Crippen LogP contribution in [0.2, 0.25) is 0 Å². The van der Waals surface area contributed by atoms with E-state index in [1.807, 2.05) is 55.5 Å². The van der Waals surface area contributed by atoms with Gasteiger partial charge in [-0.1, -0.05) is 63.1 Å². The number of hydrogen-bond donors (Lipinski definition) is 1. The van der Waals surface area contributed by atoms with E-state index >= 15 is 0 Å². The van der Waals surface area contributed by atoms with Gasteiger partial charge >= 0.3 is 0 Å². The Morgan fingerprint density at radius 3 is 2.16 bits per heavy atom. The first-order valence-electron chi connectivity index (χ1n) is 12.9. The Morgan fingerprint density at radius 2 is 1.43 bits per heavy atom. The lowest BCUT2D eigenvalue weighted by atomic mass is 9.87. The molecule has 0 unspecified atom stereocenters. The second-order valence-corrected chi connectivity index (χ2v) is 9.29. The van der Waals surface area contributed by atoms with Gasteiger partial charge in [0.15, 0.2) is 5.82 Å². The molecule has 4 aromatic rings. The fourth-order valence-electron chi connectivity index (χ4n) is 4.83. The number of imide groups is 1. The van der Waals surface area contributed by atoms with E-state index in [-0.39, 0.29) is 11.8 Å². The molecule has 8 heteroatoms. The quantitative estimate of drug-likeness (QED) is 0.236. The maximum atomic E-state index is 13.7. The van der Waals surface area contributed by atoms with Gasteiger partial charge in [0, 0.05) is 46.1 Å². The topological polar surface area (TPSA) is 101 Å². The molecule has 0 atom stereocenters. The molecule has 5 rings (SSSR count). The van der Waals surface area contributed by atoms with E-state index in [0.29, 0.717) is 34.7 Å². The van der Waals surface area contributed by atoms with Crippen molar-refractivity contribution < 1.29 is 9.59 Å². The van der Waals surface area contributed by atoms with E-state index in [1.54, 1.807) is 6.92 Å². The molecule has 188 valence electrons. The molecule has 2 heterocycles. The Labute approximate surface area is 216 Å². The highest BCUT2D eigenvalue weighted by Gasteiger charge is 2.34. The van der Waals surface area contributed by atoms with Gasteiger partial charge in [-0.05, 0) is 37.5 Å². The summed E-state index contributed by atoms with van der Waals surface area (Å²) in [5.74, 6) is 0.424. The summed E-state index contributed by atoms with van der Waals surface area (Å²) < 4.78 is 0. The second kappa shape index (κ2) is 10.4. The van der Waals surface area contributed by atoms with Crippen molar-refractivity contribution in [3.63, 3.8) is 0 Å². The Morgan fingerprint density at radius 1 is 0.757 bits per heavy atom. The molecule has 1 aliphatic rings. The molecule has 0 aliphatic carbocycles. The van der Waals surface area contributed by atoms with Crippen LogP contribution in [-0.4, -0.2) is 50.2 Å². The highest BCUT2D eigenvalue weighted by molar-refractivity contribution is 6.28. The molecule has 8 nitrogen and oxygen atoms in total. The lowest BCUT2D eigenvalue weighted by Crippen LogP contribution is -2.41. The van der Waals surface area contributed by atoms with Crippen molar-refractivity contribution in [2.75, 3.05) is 18.4 Å². The van der Waals surface area contributed by atoms with Crippen molar-refractivity contribution in [2.24, 2.45) is 0 Å². The molecule has 1 aromatic heterocycles. The average molecular weight is 495 g/mol. The zero-order valence-corrected chi connectivity index (χ0v) is 21.4. The van der Waals surface area contributed by atoms with Crippen molar-refractivity contribution >= 4 is 28.3 Å². The molecule has 0 saturated carbocycles. The molecule has 0 saturated heterocycles. The van der Waals surface area contributed by atoms with Crippen LogP contribution in [0.25, 0.3) is 33.3 Å². The first-order chi connectivity index (χ1) is 18.0. The van der Waals surface area contributed by atoms with E-state index in [9.17, 15) is 9.59 Å². The number of aromatic nitrogens is 4. The highest BCUT2D eigenvalue weighted by Crippen LogP contribution is 2.43. The van der Waals surface area contributed by atoms with Crippen LogP contribution < -0.4 is 5.32 Å². The largest absolute Gasteiger partial charge is 0.384 e. The number of anilines is 1. The van der Waals surface area contributed by atoms with Crippen LogP contribution in [0.3, 0.4) is 0 Å². The second-order valence-electron chi connectivity index (χ2n) is 9.29. The number of nitrogens with one attached hydrogen (secondary N) is 1. The van der Waals surface area contributed by atoms with Gasteiger partial charge in [-0.2, -0.15) is 0 Å². The SMILES string of the molecule is CCCCNc1c(-c2ccccc2-c2nnc(C)nn2)cc2c3c(cccc13)C(=O)N(CCCC)C2=O. The number of aryl methyl sites for hydroxylation is 1. The molecule has 1 N–H and O–H groups in total. The van der Waals surface area contributed by atoms with Gasteiger partial charge < -0.3 is 5.32 Å². The summed E-state index contributed by atoms with van der Waals surface area (Å²) in [6.07, 6.45) is 3.69. The van der Waals surface area contributed by atoms with E-state index in [1.165, 1.54) is 4.90 Å². The van der Waals surface area contributed by atoms with Gasteiger partial charge in [0.2, 0.25) is 5.82 Å². The van der Waals surface area contributed by atoms with Crippen molar-refractivity contribution in [3.8, 4) is 22.5 Å². The fraction of sp³-hybridized carbons (Fsp3) is 0.310. The standard InChI is InChI=1S/C29H30N6O2/c1-4-6-15-30-26-21-13-10-14-22-25(21)24(29(37)35(28(22)36)16-7-5-2)17-23(26)19-11-8-9-12-20(19)27-33-31-18(3)32-34-27/h8-14,17,30H,4-7,15-16H2,1-3H3. The van der Waals surface area contributed by atoms with Crippen molar-refractivity contribution in [3.05, 3.63) is 65.5 Å². The normalized spacial score (nSPS) is 12.9. The molecule has 2 amide bonds. The Kier molecular flexibility index (Phi) is 6.90. The number of hydrogen-bond acceptors (Lipinski definition) is 7. The number of amides is 2. The molecular formula is C29H30N6O2. The average Bonchev–Trinajstić information content (AvgIpc) is 2.92. The highest BCUT2D eigenvalue weighted by atomic mass is 16.2. The molecule has 0 spiro atoms. The molecular weight excluding hydrogens is 464 g/mol. The molecule has 1 aliphatic heterocycles. The van der Waals surface area contributed by atoms with Crippen LogP contribution in [0.1, 0.15) is 66.1 Å². The van der Waals surface area contributed by atoms with Gasteiger partial charge in [-0.25, -0.2) is 0 Å². The summed E-state index contributed by atoms with van der Waals surface area (Å²) in [4.78, 5) is 28.5. The first-order valence-corrected chi connectivity index (χ1v) is 12.9. The summed E-state index contributed by atoms with van der Waals surface area (Å²) in [6.45, 7) is 7.11. The summed E-state index contributed by atoms with van der Waals surface area (Å²) in [7, 11) is 0. The van der Waals surface area contributed by atoms with Gasteiger partial charge in [0.05, 0.1) is 5.69 Å². The number of carbonyl (C=O) groups is 2. The monoisotopic (exact) mass is 494 g/mol. The minimum atomic E-state index is -0.254. The molecule has 37 heavy (non-hydrogen) atoms. The first kappa shape index (κ1) is 24.5. The zero-order chi connectivity index (χ0) is 25.9. The third kappa shape index (κ3) is 4.43. The third-order valence-electron chi connectivity index (χ3n) is 6.72. The third-order valence-corrected chi connectivity index (χ3v) is 6.72. The minimum absolute atomic E-state index is 0.227. The van der Waals surface area contributed by atoms with Crippen LogP contribution in [0.15, 0.2) is 48.5 Å². The van der Waals surface area contributed by atoms with E-state index in [2.05, 4.69) is 32.6 Å². The summed E-state index contributed by atoms with van der Waals surface area (Å²) in [5.41, 5.74) is 4.48. The Balaban J connectivity index is 1.78. The molecule has 0 bridgehead atoms. The number of carbonyl (C=O) groups excluding carboxylic acids is 2. The predicted molar refractivity (Wildman–Crippen MR) is 144 cm³/mol. The van der Waals surface area contributed by atoms with Crippen molar-refractivity contribution in [2.45, 2.75) is 46.5 Å². The van der Waals surface area contributed by atoms with E-state index in [4.69, 9.17) is 0 Å². The number of unbranched alkanes of at least 4 members (excludes halogenated alkanes) is 2. The van der Waals surface area contributed by atoms with Crippen molar-refractivity contribution in [1.82, 2.24) is 25.3 Å². The minimum Gasteiger partial charge on any atom is -0.384 e. The number of nitrogens with zero attached hydrogens (tertiary/aromatic N) is 5. The van der Waals surface area contributed by atoms with E-state index in [0.717, 1.165) is 60.0 Å². The van der Waals surface area contributed by atoms with Gasteiger partial charge in [0.25, 0.3) is 11.8 Å². The maximum Gasteiger partial charge on any atom is 0.261 e. The summed E-state index contributed by atoms with van der Waals surface area (Å²) in [5, 5.41) is 21.9. The van der Waals surface area contributed by atoms with Crippen LogP contribution in [0, 0.1) is 6.92 Å². The number of rotatable bonds is 9. The predicted octanol–water partition coefficient (Wildman–Crippen LogP) is 5.67. The van der Waals surface area contributed by atoms with E-state index < -0.39 is 0 Å². The van der Waals surface area contributed by atoms with Crippen LogP contribution in [0.4, 0.5) is 5.69 Å². The lowest BCUT2D eigenvalue weighted by Gasteiger charge is -2.29. The number of benzene rings is 3. The van der Waals surface area contributed by atoms with Gasteiger partial charge in [-0.3, -0.25) is 14.5 Å². The smallest absolute Gasteiger partial charge is 0.261 e. The Bertz CT molecular complexity index is 1480. The van der Waals surface area contributed by atoms with Crippen LogP contribution in [0.5, 0.6) is 0 Å². The van der Waals surface area contributed by atoms with Crippen LogP contribution >= 0.6 is 0 Å². The van der Waals surface area contributed by atoms with Crippen LogP contribution in [-0.2, 0) is 0 Å². The van der Waals surface area contributed by atoms with Gasteiger partial charge in [0.1, 0.15) is 0 Å². The molecule has 0 radical (unpaired) electrons. The van der Waals surface area contributed by atoms with Crippen molar-refractivity contribution in [1.29, 1.82) is 0 Å². The summed E-state index contributed by atoms with van der Waals surface area (Å²) in [6, 6.07) is 15.4. The fourth-order valence-corrected chi connectivity index (χ4v) is 4.83. The zero-order valence-electron chi connectivity index (χ0n) is 21.4. The molecule has 3 aromatic carbocycles. The Hall–Kier alpha value is -4.20. The lowest BCUT2D eigenvalue weighted by molar-refractivity contribution is 0.0608. The molecule has 0 fully saturated rings.